The number of nitrogens with two attached hydrogens (primary N) is 1. The molecule has 1 aromatic carbocycles. The molecule has 4 heteroatoms. The summed E-state index contributed by atoms with van der Waals surface area (Å²) in [6, 6.07) is 6.21. The van der Waals surface area contributed by atoms with Gasteiger partial charge in [-0.3, -0.25) is 0 Å². The van der Waals surface area contributed by atoms with Gasteiger partial charge < -0.3 is 10.2 Å². The number of hydrogen-bond donors (Lipinski definition) is 1. The van der Waals surface area contributed by atoms with Crippen molar-refractivity contribution >= 4 is 46.0 Å². The largest absolute Gasteiger partial charge is 0.464 e. The maximum atomic E-state index is 5.50. The lowest BCUT2D eigenvalue weighted by molar-refractivity contribution is 0.610. The molecule has 0 atom stereocenters. The molecule has 0 unspecified atom stereocenters. The summed E-state index contributed by atoms with van der Waals surface area (Å²) in [6.07, 6.45) is 2.68. The van der Waals surface area contributed by atoms with E-state index < -0.39 is 0 Å². The van der Waals surface area contributed by atoms with Crippen LogP contribution in [0, 0.1) is 3.57 Å². The third kappa shape index (κ3) is 2.21. The number of benzene rings is 1. The van der Waals surface area contributed by atoms with Crippen molar-refractivity contribution in [1.29, 1.82) is 0 Å². The van der Waals surface area contributed by atoms with Gasteiger partial charge in [-0.05, 0) is 59.3 Å². The summed E-state index contributed by atoms with van der Waals surface area (Å²) in [5.41, 5.74) is 7.65. The van der Waals surface area contributed by atoms with Crippen LogP contribution in [0.5, 0.6) is 0 Å². The Morgan fingerprint density at radius 3 is 2.86 bits per heavy atom. The zero-order valence-corrected chi connectivity index (χ0v) is 10.5. The Kier molecular flexibility index (Phi) is 4.22. The molecule has 0 saturated carbocycles. The van der Waals surface area contributed by atoms with E-state index in [1.807, 2.05) is 6.07 Å². The molecule has 0 aliphatic heterocycles. The number of hydrogen-bond acceptors (Lipinski definition) is 2. The van der Waals surface area contributed by atoms with E-state index in [1.165, 1.54) is 14.5 Å². The van der Waals surface area contributed by atoms with Gasteiger partial charge >= 0.3 is 0 Å². The van der Waals surface area contributed by atoms with Crippen LogP contribution in [0.2, 0.25) is 0 Å². The predicted octanol–water partition coefficient (Wildman–Crippen LogP) is 2.96. The maximum Gasteiger partial charge on any atom is 0.135 e. The lowest BCUT2D eigenvalue weighted by atomic mass is 10.1. The first-order chi connectivity index (χ1) is 6.31. The minimum absolute atomic E-state index is 0. The molecule has 0 spiro atoms. The van der Waals surface area contributed by atoms with Gasteiger partial charge in [0.25, 0.3) is 0 Å². The van der Waals surface area contributed by atoms with Crippen LogP contribution >= 0.6 is 35.0 Å². The first-order valence-electron chi connectivity index (χ1n) is 4.17. The molecule has 1 aromatic heterocycles. The zero-order valence-electron chi connectivity index (χ0n) is 7.50. The molecule has 0 fully saturated rings. The van der Waals surface area contributed by atoms with Crippen molar-refractivity contribution < 1.29 is 4.42 Å². The first-order valence-corrected chi connectivity index (χ1v) is 5.25. The van der Waals surface area contributed by atoms with Crippen LogP contribution in [0.4, 0.5) is 0 Å². The van der Waals surface area contributed by atoms with E-state index in [2.05, 4.69) is 34.7 Å². The molecule has 0 aliphatic carbocycles. The fourth-order valence-corrected chi connectivity index (χ4v) is 1.87. The number of fused-ring (bicyclic) bond motifs is 1. The van der Waals surface area contributed by atoms with Gasteiger partial charge in [-0.2, -0.15) is 0 Å². The predicted molar refractivity (Wildman–Crippen MR) is 68.9 cm³/mol. The molecule has 76 valence electrons. The van der Waals surface area contributed by atoms with Gasteiger partial charge in [-0.15, -0.1) is 12.4 Å². The molecular formula is C10H11ClINO. The molecule has 2 N–H and O–H groups in total. The van der Waals surface area contributed by atoms with Crippen LogP contribution < -0.4 is 5.73 Å². The molecule has 2 nitrogen and oxygen atoms in total. The van der Waals surface area contributed by atoms with Crippen LogP contribution in [0.25, 0.3) is 11.0 Å². The van der Waals surface area contributed by atoms with Crippen molar-refractivity contribution in [3.8, 4) is 0 Å². The zero-order chi connectivity index (χ0) is 9.26. The summed E-state index contributed by atoms with van der Waals surface area (Å²) < 4.78 is 6.62. The quantitative estimate of drug-likeness (QED) is 0.863. The molecule has 0 amide bonds. The van der Waals surface area contributed by atoms with Crippen molar-refractivity contribution in [3.05, 3.63) is 33.6 Å². The lowest BCUT2D eigenvalue weighted by Crippen LogP contribution is -2.01. The summed E-state index contributed by atoms with van der Waals surface area (Å²) in [5, 5.41) is 1.19. The van der Waals surface area contributed by atoms with Gasteiger partial charge in [0.05, 0.1) is 6.26 Å². The van der Waals surface area contributed by atoms with E-state index in [-0.39, 0.29) is 12.4 Å². The summed E-state index contributed by atoms with van der Waals surface area (Å²) in [7, 11) is 0. The van der Waals surface area contributed by atoms with Gasteiger partial charge in [0.2, 0.25) is 0 Å². The third-order valence-electron chi connectivity index (χ3n) is 2.03. The Morgan fingerprint density at radius 2 is 2.14 bits per heavy atom. The molecule has 0 saturated heterocycles. The van der Waals surface area contributed by atoms with Crippen LogP contribution in [0.1, 0.15) is 5.56 Å². The van der Waals surface area contributed by atoms with Crippen molar-refractivity contribution in [3.63, 3.8) is 0 Å². The maximum absolute atomic E-state index is 5.50. The van der Waals surface area contributed by atoms with Gasteiger partial charge in [-0.25, -0.2) is 0 Å². The fourth-order valence-electron chi connectivity index (χ4n) is 1.41. The number of halogens is 2. The van der Waals surface area contributed by atoms with Gasteiger partial charge in [0.1, 0.15) is 5.58 Å². The standard InChI is InChI=1S/C10H10INO.ClH/c11-8-1-2-9-7(3-4-12)6-13-10(9)5-8;/h1-2,5-6H,3-4,12H2;1H. The van der Waals surface area contributed by atoms with Crippen molar-refractivity contribution in [2.24, 2.45) is 5.73 Å². The SMILES string of the molecule is Cl.NCCc1coc2cc(I)ccc12. The van der Waals surface area contributed by atoms with Gasteiger partial charge in [0.15, 0.2) is 0 Å². The van der Waals surface area contributed by atoms with E-state index in [9.17, 15) is 0 Å². The van der Waals surface area contributed by atoms with Crippen LogP contribution in [-0.4, -0.2) is 6.54 Å². The van der Waals surface area contributed by atoms with Crippen LogP contribution in [-0.2, 0) is 6.42 Å². The average molecular weight is 324 g/mol. The second-order valence-corrected chi connectivity index (χ2v) is 4.19. The topological polar surface area (TPSA) is 39.2 Å². The van der Waals surface area contributed by atoms with E-state index in [1.54, 1.807) is 6.26 Å². The summed E-state index contributed by atoms with van der Waals surface area (Å²) in [5.74, 6) is 0. The Bertz CT molecular complexity index is 427. The van der Waals surface area contributed by atoms with Crippen molar-refractivity contribution in [2.75, 3.05) is 6.54 Å². The average Bonchev–Trinajstić information content (AvgIpc) is 2.49. The highest BCUT2D eigenvalue weighted by atomic mass is 127. The van der Waals surface area contributed by atoms with Crippen LogP contribution in [0.3, 0.4) is 0 Å². The smallest absolute Gasteiger partial charge is 0.135 e. The fraction of sp³-hybridized carbons (Fsp3) is 0.200. The Balaban J connectivity index is 0.000000980. The highest BCUT2D eigenvalue weighted by Gasteiger charge is 2.04. The lowest BCUT2D eigenvalue weighted by Gasteiger charge is -1.93. The number of rotatable bonds is 2. The number of furan rings is 1. The Hall–Kier alpha value is -0.260. The molecule has 0 aliphatic rings. The monoisotopic (exact) mass is 323 g/mol. The van der Waals surface area contributed by atoms with Crippen molar-refractivity contribution in [2.45, 2.75) is 6.42 Å². The highest BCUT2D eigenvalue weighted by molar-refractivity contribution is 14.1. The van der Waals surface area contributed by atoms with Crippen molar-refractivity contribution in [1.82, 2.24) is 0 Å². The molecule has 2 rings (SSSR count). The first kappa shape index (κ1) is 11.8. The van der Waals surface area contributed by atoms with E-state index in [0.717, 1.165) is 12.0 Å². The molecule has 1 heterocycles. The normalized spacial score (nSPS) is 10.1. The van der Waals surface area contributed by atoms with E-state index in [4.69, 9.17) is 10.2 Å². The second kappa shape index (κ2) is 5.00. The second-order valence-electron chi connectivity index (χ2n) is 2.94. The summed E-state index contributed by atoms with van der Waals surface area (Å²) >= 11 is 2.27. The molecular weight excluding hydrogens is 312 g/mol. The van der Waals surface area contributed by atoms with Crippen LogP contribution in [0.15, 0.2) is 28.9 Å². The van der Waals surface area contributed by atoms with Gasteiger partial charge in [-0.1, -0.05) is 0 Å². The highest BCUT2D eigenvalue weighted by Crippen LogP contribution is 2.23. The Morgan fingerprint density at radius 1 is 1.36 bits per heavy atom. The molecule has 2 aromatic rings. The summed E-state index contributed by atoms with van der Waals surface area (Å²) in [4.78, 5) is 0. The molecule has 14 heavy (non-hydrogen) atoms. The minimum Gasteiger partial charge on any atom is -0.464 e. The third-order valence-corrected chi connectivity index (χ3v) is 2.70. The summed E-state index contributed by atoms with van der Waals surface area (Å²) in [6.45, 7) is 0.667. The van der Waals surface area contributed by atoms with Gasteiger partial charge in [0, 0.05) is 8.96 Å². The van der Waals surface area contributed by atoms with E-state index in [0.29, 0.717) is 6.54 Å². The minimum atomic E-state index is 0. The molecule has 0 radical (unpaired) electrons. The molecule has 0 bridgehead atoms. The van der Waals surface area contributed by atoms with E-state index >= 15 is 0 Å². The Labute approximate surface area is 102 Å².